The van der Waals surface area contributed by atoms with Crippen molar-refractivity contribution < 1.29 is 4.79 Å². The van der Waals surface area contributed by atoms with Crippen LogP contribution in [0.4, 0.5) is 0 Å². The average molecular weight is 350 g/mol. The lowest BCUT2D eigenvalue weighted by molar-refractivity contribution is -0.143. The molecule has 2 heterocycles. The molecule has 4 rings (SSSR count). The van der Waals surface area contributed by atoms with E-state index in [1.54, 1.807) is 0 Å². The molecule has 6 unspecified atom stereocenters. The Labute approximate surface area is 146 Å². The van der Waals surface area contributed by atoms with E-state index in [0.29, 0.717) is 29.8 Å². The van der Waals surface area contributed by atoms with Crippen LogP contribution in [0, 0.1) is 17.8 Å². The van der Waals surface area contributed by atoms with Gasteiger partial charge in [0.2, 0.25) is 5.91 Å². The van der Waals surface area contributed by atoms with E-state index in [-0.39, 0.29) is 36.8 Å². The molecule has 1 amide bonds. The number of nitrogens with zero attached hydrogens (tertiary/aromatic N) is 2. The smallest absolute Gasteiger partial charge is 0.227 e. The highest BCUT2D eigenvalue weighted by Gasteiger charge is 2.51. The van der Waals surface area contributed by atoms with Gasteiger partial charge < -0.3 is 10.6 Å². The predicted octanol–water partition coefficient (Wildman–Crippen LogP) is 1.90. The van der Waals surface area contributed by atoms with E-state index in [0.717, 1.165) is 13.1 Å². The summed E-state index contributed by atoms with van der Waals surface area (Å²) in [5.74, 6) is 1.71. The van der Waals surface area contributed by atoms with Crippen LogP contribution in [-0.4, -0.2) is 53.5 Å². The van der Waals surface area contributed by atoms with Gasteiger partial charge in [0.15, 0.2) is 0 Å². The van der Waals surface area contributed by atoms with E-state index in [4.69, 9.17) is 5.73 Å². The number of rotatable bonds is 1. The summed E-state index contributed by atoms with van der Waals surface area (Å²) in [6.07, 6.45) is 6.25. The number of amides is 1. The number of carbonyl (C=O) groups excluding carboxylic acids is 1. The van der Waals surface area contributed by atoms with Crippen molar-refractivity contribution in [3.63, 3.8) is 0 Å². The Hall–Kier alpha value is -0.0300. The number of halogens is 2. The van der Waals surface area contributed by atoms with Crippen LogP contribution < -0.4 is 5.73 Å². The van der Waals surface area contributed by atoms with Gasteiger partial charge in [-0.05, 0) is 57.4 Å². The summed E-state index contributed by atoms with van der Waals surface area (Å²) in [7, 11) is 0. The van der Waals surface area contributed by atoms with Gasteiger partial charge in [-0.25, -0.2) is 0 Å². The number of fused-ring (bicyclic) bond motifs is 3. The predicted molar refractivity (Wildman–Crippen MR) is 92.6 cm³/mol. The Morgan fingerprint density at radius 1 is 1.09 bits per heavy atom. The zero-order valence-corrected chi connectivity index (χ0v) is 15.0. The number of hydrogen-bond donors (Lipinski definition) is 1. The molecule has 2 saturated heterocycles. The van der Waals surface area contributed by atoms with E-state index >= 15 is 0 Å². The van der Waals surface area contributed by atoms with Crippen molar-refractivity contribution in [3.05, 3.63) is 0 Å². The van der Waals surface area contributed by atoms with Crippen molar-refractivity contribution in [2.45, 2.75) is 57.2 Å². The van der Waals surface area contributed by atoms with Gasteiger partial charge in [-0.1, -0.05) is 0 Å². The molecule has 128 valence electrons. The summed E-state index contributed by atoms with van der Waals surface area (Å²) in [4.78, 5) is 17.8. The van der Waals surface area contributed by atoms with Crippen LogP contribution in [-0.2, 0) is 4.79 Å². The molecule has 0 radical (unpaired) electrons. The second kappa shape index (κ2) is 6.84. The second-order valence-electron chi connectivity index (χ2n) is 7.57. The highest BCUT2D eigenvalue weighted by molar-refractivity contribution is 5.85. The molecule has 4 aliphatic rings. The largest absolute Gasteiger partial charge is 0.337 e. The van der Waals surface area contributed by atoms with Crippen molar-refractivity contribution >= 4 is 30.7 Å². The minimum atomic E-state index is 0. The molecule has 2 aliphatic carbocycles. The SMILES string of the molecule is CC1CN2CCCC2CN1C(=O)C1C2CCC(C2)C1N.Cl.Cl. The zero-order chi connectivity index (χ0) is 13.9. The van der Waals surface area contributed by atoms with Crippen LogP contribution in [0.1, 0.15) is 39.0 Å². The van der Waals surface area contributed by atoms with E-state index in [1.807, 2.05) is 0 Å². The highest BCUT2D eigenvalue weighted by Crippen LogP contribution is 2.48. The molecule has 0 aromatic carbocycles. The standard InChI is InChI=1S/C16H27N3O.2ClH/c1-10-8-18-6-2-3-13(18)9-19(10)16(20)14-11-4-5-12(7-11)15(14)17;;/h10-15H,2-9,17H2,1H3;2*1H. The molecule has 22 heavy (non-hydrogen) atoms. The summed E-state index contributed by atoms with van der Waals surface area (Å²) >= 11 is 0. The number of piperazine rings is 1. The summed E-state index contributed by atoms with van der Waals surface area (Å²) in [5.41, 5.74) is 6.37. The molecule has 2 saturated carbocycles. The van der Waals surface area contributed by atoms with E-state index < -0.39 is 0 Å². The maximum atomic E-state index is 13.0. The Kier molecular flexibility index (Phi) is 5.69. The van der Waals surface area contributed by atoms with Gasteiger partial charge in [0.1, 0.15) is 0 Å². The minimum Gasteiger partial charge on any atom is -0.337 e. The monoisotopic (exact) mass is 349 g/mol. The van der Waals surface area contributed by atoms with Crippen molar-refractivity contribution in [1.82, 2.24) is 9.80 Å². The van der Waals surface area contributed by atoms with Crippen LogP contribution in [0.2, 0.25) is 0 Å². The molecule has 2 N–H and O–H groups in total. The Morgan fingerprint density at radius 3 is 2.50 bits per heavy atom. The Balaban J connectivity index is 0.000000882. The quantitative estimate of drug-likeness (QED) is 0.786. The number of hydrogen-bond acceptors (Lipinski definition) is 3. The maximum Gasteiger partial charge on any atom is 0.227 e. The molecule has 0 spiro atoms. The van der Waals surface area contributed by atoms with Gasteiger partial charge >= 0.3 is 0 Å². The third-order valence-electron chi connectivity index (χ3n) is 6.49. The summed E-state index contributed by atoms with van der Waals surface area (Å²) < 4.78 is 0. The molecule has 6 heteroatoms. The lowest BCUT2D eigenvalue weighted by Crippen LogP contribution is -2.59. The Morgan fingerprint density at radius 2 is 1.82 bits per heavy atom. The van der Waals surface area contributed by atoms with Crippen LogP contribution in [0.5, 0.6) is 0 Å². The van der Waals surface area contributed by atoms with Crippen molar-refractivity contribution in [1.29, 1.82) is 0 Å². The normalized spacial score (nSPS) is 43.5. The van der Waals surface area contributed by atoms with Crippen LogP contribution >= 0.6 is 24.8 Å². The first-order chi connectivity index (χ1) is 9.65. The van der Waals surface area contributed by atoms with Gasteiger partial charge in [-0.15, -0.1) is 24.8 Å². The minimum absolute atomic E-state index is 0. The summed E-state index contributed by atoms with van der Waals surface area (Å²) in [6, 6.07) is 1.11. The van der Waals surface area contributed by atoms with Gasteiger partial charge in [-0.3, -0.25) is 9.69 Å². The molecule has 2 aliphatic heterocycles. The molecule has 6 atom stereocenters. The van der Waals surface area contributed by atoms with Gasteiger partial charge in [0.25, 0.3) is 0 Å². The first kappa shape index (κ1) is 18.3. The molecular formula is C16H29Cl2N3O. The fourth-order valence-corrected chi connectivity index (χ4v) is 5.39. The van der Waals surface area contributed by atoms with Gasteiger partial charge in [0.05, 0.1) is 5.92 Å². The maximum absolute atomic E-state index is 13.0. The van der Waals surface area contributed by atoms with E-state index in [1.165, 1.54) is 38.6 Å². The van der Waals surface area contributed by atoms with Gasteiger partial charge in [0, 0.05) is 31.2 Å². The molecule has 4 fully saturated rings. The zero-order valence-electron chi connectivity index (χ0n) is 13.3. The molecule has 2 bridgehead atoms. The third-order valence-corrected chi connectivity index (χ3v) is 6.49. The fraction of sp³-hybridized carbons (Fsp3) is 0.938. The summed E-state index contributed by atoms with van der Waals surface area (Å²) in [5, 5.41) is 0. The van der Waals surface area contributed by atoms with E-state index in [2.05, 4.69) is 16.7 Å². The van der Waals surface area contributed by atoms with E-state index in [9.17, 15) is 4.79 Å². The lowest BCUT2D eigenvalue weighted by Gasteiger charge is -2.44. The first-order valence-corrected chi connectivity index (χ1v) is 8.45. The van der Waals surface area contributed by atoms with Crippen LogP contribution in [0.15, 0.2) is 0 Å². The average Bonchev–Trinajstić information content (AvgIpc) is 3.11. The topological polar surface area (TPSA) is 49.6 Å². The molecule has 0 aromatic heterocycles. The van der Waals surface area contributed by atoms with Crippen LogP contribution in [0.3, 0.4) is 0 Å². The molecule has 0 aromatic rings. The fourth-order valence-electron chi connectivity index (χ4n) is 5.39. The van der Waals surface area contributed by atoms with Crippen LogP contribution in [0.25, 0.3) is 0 Å². The second-order valence-corrected chi connectivity index (χ2v) is 7.57. The first-order valence-electron chi connectivity index (χ1n) is 8.45. The van der Waals surface area contributed by atoms with Gasteiger partial charge in [-0.2, -0.15) is 0 Å². The molecular weight excluding hydrogens is 321 g/mol. The van der Waals surface area contributed by atoms with Crippen molar-refractivity contribution in [2.75, 3.05) is 19.6 Å². The highest BCUT2D eigenvalue weighted by atomic mass is 35.5. The number of carbonyl (C=O) groups is 1. The molecule has 4 nitrogen and oxygen atoms in total. The third kappa shape index (κ3) is 2.77. The summed E-state index contributed by atoms with van der Waals surface area (Å²) in [6.45, 7) is 5.45. The van der Waals surface area contributed by atoms with Crippen molar-refractivity contribution in [3.8, 4) is 0 Å². The number of nitrogens with two attached hydrogens (primary N) is 1. The Bertz CT molecular complexity index is 420. The lowest BCUT2D eigenvalue weighted by atomic mass is 9.83. The van der Waals surface area contributed by atoms with Crippen molar-refractivity contribution in [2.24, 2.45) is 23.5 Å².